The molecule has 2 rings (SSSR count). The van der Waals surface area contributed by atoms with Crippen LogP contribution in [0.15, 0.2) is 17.5 Å². The molecule has 0 aromatic carbocycles. The standard InChI is InChI=1S/C21H41NO3SSi2/c1-20(2,3)27(7,8)24-18-15(14-23)22-17(16-12-11-13-26-16)19(18)25-28(9,10)21(4,5)6/h11-13,15,17-19,22-23H,14H2,1-10H3/t15-,17+,18-,19+/m1/s1. The van der Waals surface area contributed by atoms with Gasteiger partial charge in [0.1, 0.15) is 0 Å². The van der Waals surface area contributed by atoms with Crippen molar-refractivity contribution in [3.05, 3.63) is 22.4 Å². The third-order valence-electron chi connectivity index (χ3n) is 6.96. The summed E-state index contributed by atoms with van der Waals surface area (Å²) in [5, 5.41) is 16.1. The number of thiophene rings is 1. The van der Waals surface area contributed by atoms with E-state index in [1.54, 1.807) is 11.3 Å². The first-order valence-electron chi connectivity index (χ1n) is 10.4. The van der Waals surface area contributed by atoms with Gasteiger partial charge < -0.3 is 14.0 Å². The van der Waals surface area contributed by atoms with E-state index in [0.717, 1.165) is 0 Å². The van der Waals surface area contributed by atoms with Crippen LogP contribution in [-0.2, 0) is 8.85 Å². The van der Waals surface area contributed by atoms with Crippen molar-refractivity contribution in [2.75, 3.05) is 6.61 Å². The summed E-state index contributed by atoms with van der Waals surface area (Å²) in [4.78, 5) is 1.25. The van der Waals surface area contributed by atoms with Gasteiger partial charge in [0.2, 0.25) is 0 Å². The fourth-order valence-corrected chi connectivity index (χ4v) is 6.48. The second-order valence-electron chi connectivity index (χ2n) is 11.1. The summed E-state index contributed by atoms with van der Waals surface area (Å²) in [6, 6.07) is 4.19. The zero-order valence-electron chi connectivity index (χ0n) is 19.4. The molecule has 1 aliphatic rings. The van der Waals surface area contributed by atoms with Gasteiger partial charge in [-0.2, -0.15) is 0 Å². The Morgan fingerprint density at radius 3 is 1.86 bits per heavy atom. The smallest absolute Gasteiger partial charge is 0.192 e. The average Bonchev–Trinajstić information content (AvgIpc) is 3.13. The minimum Gasteiger partial charge on any atom is -0.410 e. The van der Waals surface area contributed by atoms with Gasteiger partial charge in [0.05, 0.1) is 30.9 Å². The molecule has 1 aromatic rings. The molecule has 0 unspecified atom stereocenters. The van der Waals surface area contributed by atoms with Crippen LogP contribution in [0.3, 0.4) is 0 Å². The van der Waals surface area contributed by atoms with Crippen LogP contribution in [-0.4, -0.2) is 46.6 Å². The topological polar surface area (TPSA) is 50.7 Å². The van der Waals surface area contributed by atoms with E-state index in [9.17, 15) is 5.11 Å². The normalized spacial score (nSPS) is 27.4. The van der Waals surface area contributed by atoms with Crippen molar-refractivity contribution in [3.63, 3.8) is 0 Å². The van der Waals surface area contributed by atoms with E-state index >= 15 is 0 Å². The fourth-order valence-electron chi connectivity index (χ4n) is 3.03. The van der Waals surface area contributed by atoms with E-state index in [0.29, 0.717) is 0 Å². The molecule has 1 fully saturated rings. The van der Waals surface area contributed by atoms with Gasteiger partial charge in [-0.05, 0) is 47.7 Å². The predicted molar refractivity (Wildman–Crippen MR) is 125 cm³/mol. The minimum atomic E-state index is -2.02. The summed E-state index contributed by atoms with van der Waals surface area (Å²) >= 11 is 1.74. The highest BCUT2D eigenvalue weighted by Gasteiger charge is 2.52. The molecule has 0 aliphatic carbocycles. The van der Waals surface area contributed by atoms with E-state index in [-0.39, 0.29) is 41.0 Å². The van der Waals surface area contributed by atoms with Gasteiger partial charge in [0.25, 0.3) is 0 Å². The van der Waals surface area contributed by atoms with Crippen LogP contribution in [0.1, 0.15) is 52.5 Å². The number of aliphatic hydroxyl groups excluding tert-OH is 1. The maximum Gasteiger partial charge on any atom is 0.192 e. The Morgan fingerprint density at radius 1 is 0.964 bits per heavy atom. The van der Waals surface area contributed by atoms with Gasteiger partial charge in [-0.3, -0.25) is 5.32 Å². The molecule has 7 heteroatoms. The summed E-state index contributed by atoms with van der Waals surface area (Å²) in [7, 11) is -4.03. The van der Waals surface area contributed by atoms with Gasteiger partial charge in [-0.1, -0.05) is 47.6 Å². The quantitative estimate of drug-likeness (QED) is 0.567. The van der Waals surface area contributed by atoms with Crippen LogP contribution in [0.25, 0.3) is 0 Å². The maximum absolute atomic E-state index is 10.2. The lowest BCUT2D eigenvalue weighted by Crippen LogP contribution is -2.53. The molecule has 162 valence electrons. The second-order valence-corrected chi connectivity index (χ2v) is 21.6. The third kappa shape index (κ3) is 4.99. The molecule has 0 radical (unpaired) electrons. The summed E-state index contributed by atoms with van der Waals surface area (Å²) in [6.07, 6.45) is -0.238. The highest BCUT2D eigenvalue weighted by atomic mass is 32.1. The van der Waals surface area contributed by atoms with Crippen molar-refractivity contribution >= 4 is 28.0 Å². The molecule has 0 spiro atoms. The highest BCUT2D eigenvalue weighted by molar-refractivity contribution is 7.10. The minimum absolute atomic E-state index is 0.0541. The van der Waals surface area contributed by atoms with E-state index in [2.05, 4.69) is 90.6 Å². The summed E-state index contributed by atoms with van der Waals surface area (Å²) in [5.74, 6) is 0. The molecule has 4 atom stereocenters. The maximum atomic E-state index is 10.2. The lowest BCUT2D eigenvalue weighted by molar-refractivity contribution is 0.0342. The Morgan fingerprint density at radius 2 is 1.46 bits per heavy atom. The lowest BCUT2D eigenvalue weighted by Gasteiger charge is -2.44. The van der Waals surface area contributed by atoms with Crippen molar-refractivity contribution < 1.29 is 14.0 Å². The van der Waals surface area contributed by atoms with Crippen LogP contribution >= 0.6 is 11.3 Å². The highest BCUT2D eigenvalue weighted by Crippen LogP contribution is 2.45. The van der Waals surface area contributed by atoms with Crippen molar-refractivity contribution in [3.8, 4) is 0 Å². The fraction of sp³-hybridized carbons (Fsp3) is 0.810. The van der Waals surface area contributed by atoms with Gasteiger partial charge >= 0.3 is 0 Å². The van der Waals surface area contributed by atoms with Crippen molar-refractivity contribution in [2.24, 2.45) is 0 Å². The molecule has 4 nitrogen and oxygen atoms in total. The Hall–Kier alpha value is -0.0262. The number of aliphatic hydroxyl groups is 1. The third-order valence-corrected chi connectivity index (χ3v) is 16.9. The molecule has 1 saturated heterocycles. The van der Waals surface area contributed by atoms with Gasteiger partial charge in [0.15, 0.2) is 16.6 Å². The SMILES string of the molecule is CC(C)(C)[Si](C)(C)O[C@@H]1[C@H](O[Si](C)(C)C(C)(C)C)[C@@H](CO)N[C@H]1c1cccs1. The molecular weight excluding hydrogens is 402 g/mol. The lowest BCUT2D eigenvalue weighted by atomic mass is 10.1. The van der Waals surface area contributed by atoms with Crippen molar-refractivity contribution in [1.29, 1.82) is 0 Å². The largest absolute Gasteiger partial charge is 0.410 e. The molecular formula is C21H41NO3SSi2. The van der Waals surface area contributed by atoms with Gasteiger partial charge in [-0.25, -0.2) is 0 Å². The van der Waals surface area contributed by atoms with Crippen LogP contribution in [0.2, 0.25) is 36.3 Å². The molecule has 1 aromatic heterocycles. The number of nitrogens with one attached hydrogen (secondary N) is 1. The van der Waals surface area contributed by atoms with E-state index in [1.807, 2.05) is 0 Å². The first-order valence-corrected chi connectivity index (χ1v) is 17.1. The Bertz CT molecular complexity index is 635. The summed E-state index contributed by atoms with van der Waals surface area (Å²) in [6.45, 7) is 22.8. The monoisotopic (exact) mass is 443 g/mol. The molecule has 0 bridgehead atoms. The first kappa shape index (κ1) is 24.2. The van der Waals surface area contributed by atoms with E-state index in [4.69, 9.17) is 8.85 Å². The number of hydrogen-bond acceptors (Lipinski definition) is 5. The van der Waals surface area contributed by atoms with E-state index < -0.39 is 16.6 Å². The van der Waals surface area contributed by atoms with Crippen LogP contribution in [0.5, 0.6) is 0 Å². The number of hydrogen-bond donors (Lipinski definition) is 2. The van der Waals surface area contributed by atoms with Crippen molar-refractivity contribution in [2.45, 2.75) is 102 Å². The van der Waals surface area contributed by atoms with E-state index in [1.165, 1.54) is 4.88 Å². The van der Waals surface area contributed by atoms with Crippen molar-refractivity contribution in [1.82, 2.24) is 5.32 Å². The second kappa shape index (κ2) is 8.25. The zero-order chi connectivity index (χ0) is 21.5. The summed E-state index contributed by atoms with van der Waals surface area (Å²) < 4.78 is 13.9. The van der Waals surface area contributed by atoms with Gasteiger partial charge in [-0.15, -0.1) is 11.3 Å². The molecule has 0 amide bonds. The Labute approximate surface area is 178 Å². The Kier molecular flexibility index (Phi) is 7.14. The summed E-state index contributed by atoms with van der Waals surface area (Å²) in [5.41, 5.74) is 0. The molecule has 0 saturated carbocycles. The predicted octanol–water partition coefficient (Wildman–Crippen LogP) is 5.53. The zero-order valence-corrected chi connectivity index (χ0v) is 22.2. The van der Waals surface area contributed by atoms with Gasteiger partial charge in [0, 0.05) is 4.88 Å². The molecule has 28 heavy (non-hydrogen) atoms. The van der Waals surface area contributed by atoms with Crippen LogP contribution in [0, 0.1) is 0 Å². The van der Waals surface area contributed by atoms with Crippen LogP contribution < -0.4 is 5.32 Å². The average molecular weight is 444 g/mol. The van der Waals surface area contributed by atoms with Crippen LogP contribution in [0.4, 0.5) is 0 Å². The Balaban J connectivity index is 2.43. The molecule has 2 N–H and O–H groups in total. The molecule has 1 aliphatic heterocycles. The molecule has 2 heterocycles. The number of rotatable bonds is 6. The first-order chi connectivity index (χ1) is 12.6.